The molecule has 90 valence electrons. The molecule has 0 amide bonds. The number of oxazole rings is 1. The number of hydrogen-bond donors (Lipinski definition) is 0. The molecule has 0 saturated heterocycles. The summed E-state index contributed by atoms with van der Waals surface area (Å²) in [6, 6.07) is 8.54. The number of fused-ring (bicyclic) bond motifs is 1. The molecule has 0 aliphatic rings. The summed E-state index contributed by atoms with van der Waals surface area (Å²) in [5, 5.41) is 0. The largest absolute Gasteiger partial charge is 0.497 e. The van der Waals surface area contributed by atoms with Crippen molar-refractivity contribution < 1.29 is 13.5 Å². The molecule has 0 aliphatic heterocycles. The number of pyridine rings is 1. The third kappa shape index (κ3) is 1.79. The Balaban J connectivity index is 2.07. The summed E-state index contributed by atoms with van der Waals surface area (Å²) in [7, 11) is 1.60. The Hall–Kier alpha value is -2.43. The first-order valence-corrected chi connectivity index (χ1v) is 5.33. The Morgan fingerprint density at radius 3 is 2.72 bits per heavy atom. The van der Waals surface area contributed by atoms with Gasteiger partial charge in [-0.15, -0.1) is 0 Å². The summed E-state index contributed by atoms with van der Waals surface area (Å²) in [5.41, 5.74) is 1.51. The fraction of sp³-hybridized carbons (Fsp3) is 0.0769. The lowest BCUT2D eigenvalue weighted by Gasteiger charge is -1.99. The van der Waals surface area contributed by atoms with Crippen LogP contribution in [-0.2, 0) is 0 Å². The Kier molecular flexibility index (Phi) is 2.44. The molecule has 2 aromatic heterocycles. The van der Waals surface area contributed by atoms with Gasteiger partial charge in [0.15, 0.2) is 0 Å². The van der Waals surface area contributed by atoms with Crippen LogP contribution in [0.15, 0.2) is 40.9 Å². The van der Waals surface area contributed by atoms with Crippen molar-refractivity contribution in [1.29, 1.82) is 0 Å². The van der Waals surface area contributed by atoms with E-state index in [0.717, 1.165) is 17.5 Å². The fourth-order valence-electron chi connectivity index (χ4n) is 1.66. The molecule has 0 bridgehead atoms. The second kappa shape index (κ2) is 4.10. The van der Waals surface area contributed by atoms with Gasteiger partial charge in [-0.2, -0.15) is 0 Å². The highest BCUT2D eigenvalue weighted by atomic mass is 19.1. The van der Waals surface area contributed by atoms with E-state index in [4.69, 9.17) is 9.15 Å². The summed E-state index contributed by atoms with van der Waals surface area (Å²) < 4.78 is 23.5. The van der Waals surface area contributed by atoms with Gasteiger partial charge in [-0.25, -0.2) is 14.4 Å². The van der Waals surface area contributed by atoms with Crippen LogP contribution in [0, 0.1) is 5.82 Å². The summed E-state index contributed by atoms with van der Waals surface area (Å²) in [6.07, 6.45) is 1.10. The van der Waals surface area contributed by atoms with Gasteiger partial charge in [0.25, 0.3) is 0 Å². The monoisotopic (exact) mass is 244 g/mol. The number of hydrogen-bond acceptors (Lipinski definition) is 4. The molecule has 0 N–H and O–H groups in total. The third-order valence-corrected chi connectivity index (χ3v) is 2.55. The van der Waals surface area contributed by atoms with Crippen LogP contribution in [0.3, 0.4) is 0 Å². The molecule has 18 heavy (non-hydrogen) atoms. The molecule has 4 nitrogen and oxygen atoms in total. The van der Waals surface area contributed by atoms with Crippen LogP contribution in [-0.4, -0.2) is 17.1 Å². The van der Waals surface area contributed by atoms with E-state index in [1.54, 1.807) is 19.2 Å². The standard InChI is InChI=1S/C13H9FN2O2/c1-17-10-4-2-8(3-5-10)12-16-11-6-9(14)7-15-13(11)18-12/h2-7H,1H3. The second-order valence-electron chi connectivity index (χ2n) is 3.73. The van der Waals surface area contributed by atoms with Gasteiger partial charge >= 0.3 is 0 Å². The van der Waals surface area contributed by atoms with Crippen molar-refractivity contribution in [3.63, 3.8) is 0 Å². The van der Waals surface area contributed by atoms with Gasteiger partial charge in [0.2, 0.25) is 11.6 Å². The van der Waals surface area contributed by atoms with Crippen molar-refractivity contribution in [2.24, 2.45) is 0 Å². The van der Waals surface area contributed by atoms with Crippen LogP contribution in [0.2, 0.25) is 0 Å². The second-order valence-corrected chi connectivity index (χ2v) is 3.73. The normalized spacial score (nSPS) is 10.8. The third-order valence-electron chi connectivity index (χ3n) is 2.55. The SMILES string of the molecule is COc1ccc(-c2nc3cc(F)cnc3o2)cc1. The molecule has 2 heterocycles. The molecule has 0 fully saturated rings. The first kappa shape index (κ1) is 10.7. The number of rotatable bonds is 2. The lowest BCUT2D eigenvalue weighted by Crippen LogP contribution is -1.82. The Morgan fingerprint density at radius 2 is 2.00 bits per heavy atom. The maximum atomic E-state index is 13.0. The van der Waals surface area contributed by atoms with Crippen LogP contribution < -0.4 is 4.74 Å². The van der Waals surface area contributed by atoms with Crippen molar-refractivity contribution in [2.45, 2.75) is 0 Å². The highest BCUT2D eigenvalue weighted by Crippen LogP contribution is 2.24. The molecular formula is C13H9FN2O2. The van der Waals surface area contributed by atoms with Crippen LogP contribution >= 0.6 is 0 Å². The van der Waals surface area contributed by atoms with E-state index in [0.29, 0.717) is 17.1 Å². The molecule has 0 radical (unpaired) electrons. The maximum absolute atomic E-state index is 13.0. The average Bonchev–Trinajstić information content (AvgIpc) is 2.81. The zero-order chi connectivity index (χ0) is 12.5. The van der Waals surface area contributed by atoms with E-state index in [9.17, 15) is 4.39 Å². The van der Waals surface area contributed by atoms with Crippen molar-refractivity contribution in [1.82, 2.24) is 9.97 Å². The van der Waals surface area contributed by atoms with Crippen LogP contribution in [0.1, 0.15) is 0 Å². The summed E-state index contributed by atoms with van der Waals surface area (Å²) in [6.45, 7) is 0. The first-order chi connectivity index (χ1) is 8.76. The fourth-order valence-corrected chi connectivity index (χ4v) is 1.66. The van der Waals surface area contributed by atoms with E-state index in [-0.39, 0.29) is 0 Å². The van der Waals surface area contributed by atoms with Crippen LogP contribution in [0.5, 0.6) is 5.75 Å². The quantitative estimate of drug-likeness (QED) is 0.695. The lowest BCUT2D eigenvalue weighted by molar-refractivity contribution is 0.415. The molecule has 0 unspecified atom stereocenters. The Bertz CT molecular complexity index is 692. The minimum atomic E-state index is -0.433. The van der Waals surface area contributed by atoms with Gasteiger partial charge in [-0.3, -0.25) is 0 Å². The van der Waals surface area contributed by atoms with Gasteiger partial charge in [-0.05, 0) is 24.3 Å². The number of nitrogens with zero attached hydrogens (tertiary/aromatic N) is 2. The topological polar surface area (TPSA) is 48.2 Å². The number of halogens is 1. The predicted octanol–water partition coefficient (Wildman–Crippen LogP) is 3.04. The van der Waals surface area contributed by atoms with E-state index in [1.807, 2.05) is 12.1 Å². The lowest BCUT2D eigenvalue weighted by atomic mass is 10.2. The van der Waals surface area contributed by atoms with Gasteiger partial charge in [-0.1, -0.05) is 0 Å². The summed E-state index contributed by atoms with van der Waals surface area (Å²) in [4.78, 5) is 8.02. The summed E-state index contributed by atoms with van der Waals surface area (Å²) in [5.74, 6) is 0.724. The zero-order valence-corrected chi connectivity index (χ0v) is 9.55. The van der Waals surface area contributed by atoms with Crippen LogP contribution in [0.4, 0.5) is 4.39 Å². The van der Waals surface area contributed by atoms with Crippen molar-refractivity contribution >= 4 is 11.2 Å². The molecule has 5 heteroatoms. The minimum Gasteiger partial charge on any atom is -0.497 e. The van der Waals surface area contributed by atoms with Crippen molar-refractivity contribution in [3.8, 4) is 17.2 Å². The Labute approximate surface area is 102 Å². The average molecular weight is 244 g/mol. The van der Waals surface area contributed by atoms with Crippen molar-refractivity contribution in [2.75, 3.05) is 7.11 Å². The number of ether oxygens (including phenoxy) is 1. The van der Waals surface area contributed by atoms with E-state index in [1.165, 1.54) is 6.07 Å². The number of benzene rings is 1. The van der Waals surface area contributed by atoms with Crippen molar-refractivity contribution in [3.05, 3.63) is 42.3 Å². The smallest absolute Gasteiger partial charge is 0.247 e. The van der Waals surface area contributed by atoms with Gasteiger partial charge in [0.05, 0.1) is 13.3 Å². The van der Waals surface area contributed by atoms with E-state index < -0.39 is 5.82 Å². The first-order valence-electron chi connectivity index (χ1n) is 5.33. The predicted molar refractivity (Wildman–Crippen MR) is 63.8 cm³/mol. The molecule has 0 atom stereocenters. The molecule has 3 rings (SSSR count). The van der Waals surface area contributed by atoms with Crippen LogP contribution in [0.25, 0.3) is 22.7 Å². The highest BCUT2D eigenvalue weighted by molar-refractivity contribution is 5.72. The van der Waals surface area contributed by atoms with E-state index in [2.05, 4.69) is 9.97 Å². The maximum Gasteiger partial charge on any atom is 0.247 e. The molecular weight excluding hydrogens is 235 g/mol. The highest BCUT2D eigenvalue weighted by Gasteiger charge is 2.09. The molecule has 1 aromatic carbocycles. The van der Waals surface area contributed by atoms with E-state index >= 15 is 0 Å². The zero-order valence-electron chi connectivity index (χ0n) is 9.55. The molecule has 0 aliphatic carbocycles. The molecule has 0 saturated carbocycles. The minimum absolute atomic E-state index is 0.321. The summed E-state index contributed by atoms with van der Waals surface area (Å²) >= 11 is 0. The van der Waals surface area contributed by atoms with Gasteiger partial charge in [0.1, 0.15) is 17.1 Å². The van der Waals surface area contributed by atoms with Gasteiger partial charge < -0.3 is 9.15 Å². The molecule has 0 spiro atoms. The Morgan fingerprint density at radius 1 is 1.22 bits per heavy atom. The number of aromatic nitrogens is 2. The number of methoxy groups -OCH3 is 1. The van der Waals surface area contributed by atoms with Gasteiger partial charge in [0, 0.05) is 11.6 Å². The molecule has 3 aromatic rings.